The molecule has 0 aliphatic heterocycles. The van der Waals surface area contributed by atoms with Gasteiger partial charge in [0, 0.05) is 6.42 Å². The average Bonchev–Trinajstić information content (AvgIpc) is 2.77. The van der Waals surface area contributed by atoms with E-state index in [1.165, 1.54) is 37.7 Å². The fourth-order valence-corrected chi connectivity index (χ4v) is 3.38. The molecule has 34 heavy (non-hydrogen) atoms. The zero-order valence-electron chi connectivity index (χ0n) is 21.8. The van der Waals surface area contributed by atoms with Crippen LogP contribution < -0.4 is 0 Å². The Morgan fingerprint density at radius 1 is 0.794 bits per heavy atom. The van der Waals surface area contributed by atoms with Gasteiger partial charge in [-0.3, -0.25) is 4.79 Å². The van der Waals surface area contributed by atoms with Crippen LogP contribution in [0.1, 0.15) is 79.1 Å². The van der Waals surface area contributed by atoms with Crippen LogP contribution in [-0.4, -0.2) is 84.3 Å². The zero-order valence-corrected chi connectivity index (χ0v) is 21.8. The van der Waals surface area contributed by atoms with Crippen molar-refractivity contribution in [1.29, 1.82) is 0 Å². The predicted molar refractivity (Wildman–Crippen MR) is 132 cm³/mol. The molecule has 0 radical (unpaired) electrons. The number of aliphatic hydroxyl groups excluding tert-OH is 4. The highest BCUT2D eigenvalue weighted by Gasteiger charge is 2.12. The van der Waals surface area contributed by atoms with E-state index in [2.05, 4.69) is 33.8 Å². The summed E-state index contributed by atoms with van der Waals surface area (Å²) in [6.45, 7) is 8.10. The molecule has 0 aromatic carbocycles. The normalized spacial score (nSPS) is 15.9. The first-order chi connectivity index (χ1) is 16.1. The Balaban J connectivity index is 3.77. The van der Waals surface area contributed by atoms with E-state index in [9.17, 15) is 15.0 Å². The molecule has 8 heteroatoms. The van der Waals surface area contributed by atoms with E-state index < -0.39 is 24.9 Å². The molecule has 0 saturated carbocycles. The molecular weight excluding hydrogens is 440 g/mol. The Bertz CT molecular complexity index is 523. The molecular formula is C26H50O8. The largest absolute Gasteiger partial charge is 0.463 e. The number of carbonyl (C=O) groups is 1. The Morgan fingerprint density at radius 3 is 1.94 bits per heavy atom. The van der Waals surface area contributed by atoms with Crippen molar-refractivity contribution in [2.75, 3.05) is 39.6 Å². The lowest BCUT2D eigenvalue weighted by atomic mass is 9.94. The number of rotatable bonds is 22. The highest BCUT2D eigenvalue weighted by atomic mass is 16.6. The van der Waals surface area contributed by atoms with Gasteiger partial charge >= 0.3 is 5.97 Å². The van der Waals surface area contributed by atoms with Crippen LogP contribution in [0.4, 0.5) is 0 Å². The predicted octanol–water partition coefficient (Wildman–Crippen LogP) is 3.00. The Morgan fingerprint density at radius 2 is 1.35 bits per heavy atom. The van der Waals surface area contributed by atoms with Gasteiger partial charge in [-0.05, 0) is 38.0 Å². The van der Waals surface area contributed by atoms with Gasteiger partial charge in [0.1, 0.15) is 24.9 Å². The number of esters is 1. The lowest BCUT2D eigenvalue weighted by molar-refractivity contribution is -0.148. The molecule has 0 saturated heterocycles. The number of ether oxygens (including phenoxy) is 3. The quantitative estimate of drug-likeness (QED) is 0.135. The van der Waals surface area contributed by atoms with Gasteiger partial charge in [0.15, 0.2) is 0 Å². The molecule has 4 unspecified atom stereocenters. The van der Waals surface area contributed by atoms with Crippen LogP contribution in [0.2, 0.25) is 0 Å². The summed E-state index contributed by atoms with van der Waals surface area (Å²) in [7, 11) is 0. The summed E-state index contributed by atoms with van der Waals surface area (Å²) in [5.41, 5.74) is 1.30. The zero-order chi connectivity index (χ0) is 25.8. The van der Waals surface area contributed by atoms with E-state index in [-0.39, 0.29) is 45.4 Å². The van der Waals surface area contributed by atoms with Gasteiger partial charge in [-0.1, -0.05) is 58.1 Å². The fraction of sp³-hybridized carbons (Fsp3) is 0.885. The minimum atomic E-state index is -0.984. The maximum atomic E-state index is 11.9. The van der Waals surface area contributed by atoms with Crippen LogP contribution in [-0.2, 0) is 19.0 Å². The van der Waals surface area contributed by atoms with Gasteiger partial charge in [0.2, 0.25) is 0 Å². The number of hydrogen-bond acceptors (Lipinski definition) is 8. The Labute approximate surface area is 206 Å². The summed E-state index contributed by atoms with van der Waals surface area (Å²) < 4.78 is 15.3. The van der Waals surface area contributed by atoms with Gasteiger partial charge < -0.3 is 34.6 Å². The summed E-state index contributed by atoms with van der Waals surface area (Å²) >= 11 is 0. The number of hydrogen-bond donors (Lipinski definition) is 4. The van der Waals surface area contributed by atoms with Gasteiger partial charge in [-0.25, -0.2) is 0 Å². The molecule has 0 amide bonds. The molecule has 4 N–H and O–H groups in total. The summed E-state index contributed by atoms with van der Waals surface area (Å²) in [6, 6.07) is 0. The minimum Gasteiger partial charge on any atom is -0.463 e. The molecule has 202 valence electrons. The maximum absolute atomic E-state index is 11.9. The van der Waals surface area contributed by atoms with Crippen molar-refractivity contribution in [2.24, 2.45) is 11.8 Å². The number of allylic oxidation sites excluding steroid dienone is 2. The van der Waals surface area contributed by atoms with E-state index in [4.69, 9.17) is 24.4 Å². The molecule has 0 heterocycles. The highest BCUT2D eigenvalue weighted by Crippen LogP contribution is 2.19. The standard InChI is InChI=1S/C26H50O8/c1-20(2)8-5-9-21(3)10-6-11-22(4)12-7-13-26(31)34-19-25(30)18-33-17-24(29)16-32-15-23(28)14-27/h12,20-21,23-25,27-30H,5-11,13-19H2,1-4H3. The van der Waals surface area contributed by atoms with E-state index >= 15 is 0 Å². The van der Waals surface area contributed by atoms with Crippen molar-refractivity contribution in [3.63, 3.8) is 0 Å². The van der Waals surface area contributed by atoms with Crippen LogP contribution in [0.15, 0.2) is 11.6 Å². The Hall–Kier alpha value is -1.03. The monoisotopic (exact) mass is 490 g/mol. The second kappa shape index (κ2) is 21.3. The molecule has 0 aliphatic rings. The topological polar surface area (TPSA) is 126 Å². The first-order valence-corrected chi connectivity index (χ1v) is 12.8. The second-order valence-electron chi connectivity index (χ2n) is 9.81. The minimum absolute atomic E-state index is 0.0631. The summed E-state index contributed by atoms with van der Waals surface area (Å²) in [4.78, 5) is 11.9. The molecule has 4 atom stereocenters. The first kappa shape index (κ1) is 33.0. The molecule has 0 aromatic heterocycles. The van der Waals surface area contributed by atoms with Gasteiger partial charge in [-0.2, -0.15) is 0 Å². The third-order valence-electron chi connectivity index (χ3n) is 5.48. The second-order valence-corrected chi connectivity index (χ2v) is 9.81. The first-order valence-electron chi connectivity index (χ1n) is 12.8. The van der Waals surface area contributed by atoms with Crippen LogP contribution in [0, 0.1) is 11.8 Å². The fourth-order valence-electron chi connectivity index (χ4n) is 3.38. The molecule has 0 spiro atoms. The van der Waals surface area contributed by atoms with Crippen molar-refractivity contribution in [3.8, 4) is 0 Å². The van der Waals surface area contributed by atoms with Crippen molar-refractivity contribution in [1.82, 2.24) is 0 Å². The molecule has 0 aliphatic carbocycles. The van der Waals surface area contributed by atoms with Crippen LogP contribution in [0.3, 0.4) is 0 Å². The van der Waals surface area contributed by atoms with Gasteiger partial charge in [0.05, 0.1) is 33.0 Å². The summed E-state index contributed by atoms with van der Waals surface area (Å²) in [5, 5.41) is 37.3. The molecule has 0 fully saturated rings. The van der Waals surface area contributed by atoms with Crippen LogP contribution >= 0.6 is 0 Å². The van der Waals surface area contributed by atoms with Crippen LogP contribution in [0.5, 0.6) is 0 Å². The molecule has 0 aromatic rings. The highest BCUT2D eigenvalue weighted by molar-refractivity contribution is 5.69. The molecule has 0 rings (SSSR count). The van der Waals surface area contributed by atoms with E-state index in [1.807, 2.05) is 0 Å². The van der Waals surface area contributed by atoms with Gasteiger partial charge in [0.25, 0.3) is 0 Å². The number of carbonyl (C=O) groups excluding carboxylic acids is 1. The van der Waals surface area contributed by atoms with E-state index in [1.54, 1.807) is 0 Å². The third-order valence-corrected chi connectivity index (χ3v) is 5.48. The van der Waals surface area contributed by atoms with Crippen molar-refractivity contribution < 1.29 is 39.4 Å². The third kappa shape index (κ3) is 21.5. The van der Waals surface area contributed by atoms with Crippen molar-refractivity contribution in [3.05, 3.63) is 11.6 Å². The average molecular weight is 491 g/mol. The lowest BCUT2D eigenvalue weighted by Crippen LogP contribution is -2.29. The maximum Gasteiger partial charge on any atom is 0.306 e. The summed E-state index contributed by atoms with van der Waals surface area (Å²) in [5.74, 6) is 1.18. The number of aliphatic hydroxyl groups is 4. The van der Waals surface area contributed by atoms with Gasteiger partial charge in [-0.15, -0.1) is 0 Å². The molecule has 8 nitrogen and oxygen atoms in total. The smallest absolute Gasteiger partial charge is 0.306 e. The SMILES string of the molecule is CC(=CCCC(=O)OCC(O)COCC(O)COCC(O)CO)CCCC(C)CCCC(C)C. The Kier molecular flexibility index (Phi) is 20.6. The van der Waals surface area contributed by atoms with Crippen molar-refractivity contribution in [2.45, 2.75) is 97.4 Å². The molecule has 0 bridgehead atoms. The van der Waals surface area contributed by atoms with Crippen LogP contribution in [0.25, 0.3) is 0 Å². The summed E-state index contributed by atoms with van der Waals surface area (Å²) in [6.07, 6.45) is 7.48. The lowest BCUT2D eigenvalue weighted by Gasteiger charge is -2.15. The van der Waals surface area contributed by atoms with Crippen molar-refractivity contribution >= 4 is 5.97 Å². The van der Waals surface area contributed by atoms with E-state index in [0.717, 1.165) is 18.3 Å². The van der Waals surface area contributed by atoms with E-state index in [0.29, 0.717) is 6.42 Å².